The molecule has 0 spiro atoms. The molecule has 1 amide bonds. The SMILES string of the molecule is CCCC(N)C(=O)NCCC(C1=CC=CCC=C1)c1ccccc1. The number of amides is 1. The second-order valence-corrected chi connectivity index (χ2v) is 6.17. The lowest BCUT2D eigenvalue weighted by molar-refractivity contribution is -0.122. The minimum Gasteiger partial charge on any atom is -0.355 e. The van der Waals surface area contributed by atoms with Crippen molar-refractivity contribution in [3.8, 4) is 0 Å². The molecule has 0 radical (unpaired) electrons. The molecular weight excluding hydrogens is 296 g/mol. The Bertz CT molecular complexity index is 602. The Labute approximate surface area is 145 Å². The summed E-state index contributed by atoms with van der Waals surface area (Å²) in [6.07, 6.45) is 14.3. The second-order valence-electron chi connectivity index (χ2n) is 6.17. The Balaban J connectivity index is 2.03. The summed E-state index contributed by atoms with van der Waals surface area (Å²) in [6.45, 7) is 2.67. The summed E-state index contributed by atoms with van der Waals surface area (Å²) in [5, 5.41) is 2.99. The highest BCUT2D eigenvalue weighted by atomic mass is 16.2. The van der Waals surface area contributed by atoms with E-state index < -0.39 is 6.04 Å². The Morgan fingerprint density at radius 1 is 1.21 bits per heavy atom. The monoisotopic (exact) mass is 324 g/mol. The maximum absolute atomic E-state index is 12.0. The third kappa shape index (κ3) is 5.50. The van der Waals surface area contributed by atoms with Gasteiger partial charge in [-0.2, -0.15) is 0 Å². The van der Waals surface area contributed by atoms with Gasteiger partial charge in [0, 0.05) is 12.5 Å². The van der Waals surface area contributed by atoms with E-state index in [1.54, 1.807) is 0 Å². The van der Waals surface area contributed by atoms with Crippen LogP contribution in [0.1, 0.15) is 44.1 Å². The van der Waals surface area contributed by atoms with Crippen molar-refractivity contribution in [2.45, 2.75) is 44.6 Å². The van der Waals surface area contributed by atoms with E-state index in [9.17, 15) is 4.79 Å². The number of allylic oxidation sites excluding steroid dienone is 6. The summed E-state index contributed by atoms with van der Waals surface area (Å²) in [5.41, 5.74) is 8.43. The summed E-state index contributed by atoms with van der Waals surface area (Å²) < 4.78 is 0. The molecule has 1 aromatic carbocycles. The number of carbonyl (C=O) groups excluding carboxylic acids is 1. The van der Waals surface area contributed by atoms with E-state index in [-0.39, 0.29) is 11.8 Å². The number of carbonyl (C=O) groups is 1. The molecule has 1 aliphatic rings. The Hall–Kier alpha value is -2.13. The number of rotatable bonds is 8. The molecule has 0 bridgehead atoms. The average Bonchev–Trinajstić information content (AvgIpc) is 2.88. The molecule has 2 unspecified atom stereocenters. The quantitative estimate of drug-likeness (QED) is 0.763. The van der Waals surface area contributed by atoms with Gasteiger partial charge in [0.15, 0.2) is 0 Å². The summed E-state index contributed by atoms with van der Waals surface area (Å²) in [7, 11) is 0. The van der Waals surface area contributed by atoms with E-state index in [2.05, 4.69) is 60.0 Å². The highest BCUT2D eigenvalue weighted by Crippen LogP contribution is 2.29. The predicted octanol–water partition coefficient (Wildman–Crippen LogP) is 3.85. The van der Waals surface area contributed by atoms with Crippen molar-refractivity contribution in [3.05, 3.63) is 71.8 Å². The van der Waals surface area contributed by atoms with E-state index in [4.69, 9.17) is 5.73 Å². The van der Waals surface area contributed by atoms with Gasteiger partial charge in [-0.15, -0.1) is 0 Å². The van der Waals surface area contributed by atoms with Gasteiger partial charge in [-0.25, -0.2) is 0 Å². The number of benzene rings is 1. The van der Waals surface area contributed by atoms with Crippen LogP contribution in [0.2, 0.25) is 0 Å². The van der Waals surface area contributed by atoms with Crippen LogP contribution in [0.5, 0.6) is 0 Å². The molecule has 1 aliphatic carbocycles. The summed E-state index contributed by atoms with van der Waals surface area (Å²) in [4.78, 5) is 12.0. The molecule has 0 aromatic heterocycles. The zero-order valence-electron chi connectivity index (χ0n) is 14.4. The molecule has 0 fully saturated rings. The molecular formula is C21H28N2O. The van der Waals surface area contributed by atoms with Crippen molar-refractivity contribution in [3.63, 3.8) is 0 Å². The highest BCUT2D eigenvalue weighted by Gasteiger charge is 2.17. The lowest BCUT2D eigenvalue weighted by Crippen LogP contribution is -2.41. The van der Waals surface area contributed by atoms with Crippen LogP contribution in [0.15, 0.2) is 66.3 Å². The van der Waals surface area contributed by atoms with Gasteiger partial charge >= 0.3 is 0 Å². The largest absolute Gasteiger partial charge is 0.355 e. The van der Waals surface area contributed by atoms with Crippen LogP contribution in [0.25, 0.3) is 0 Å². The Morgan fingerprint density at radius 2 is 2.00 bits per heavy atom. The van der Waals surface area contributed by atoms with Crippen molar-refractivity contribution in [2.75, 3.05) is 6.54 Å². The van der Waals surface area contributed by atoms with Gasteiger partial charge in [-0.1, -0.05) is 74.1 Å². The first-order chi connectivity index (χ1) is 11.7. The van der Waals surface area contributed by atoms with Crippen molar-refractivity contribution >= 4 is 5.91 Å². The fourth-order valence-electron chi connectivity index (χ4n) is 2.95. The molecule has 2 atom stereocenters. The Kier molecular flexibility index (Phi) is 7.50. The standard InChI is InChI=1S/C21H28N2O/c1-2-10-20(22)21(24)23-16-15-19(18-13-8-5-9-14-18)17-11-6-3-4-7-12-17/h3,5-9,11-14,19-20H,2,4,10,15-16,22H2,1H3,(H,23,24). The van der Waals surface area contributed by atoms with Gasteiger partial charge in [0.05, 0.1) is 6.04 Å². The molecule has 128 valence electrons. The molecule has 1 aromatic rings. The van der Waals surface area contributed by atoms with Crippen LogP contribution in [-0.2, 0) is 4.79 Å². The molecule has 2 rings (SSSR count). The number of nitrogens with one attached hydrogen (secondary N) is 1. The first kappa shape index (κ1) is 18.2. The fourth-order valence-corrected chi connectivity index (χ4v) is 2.95. The number of hydrogen-bond donors (Lipinski definition) is 2. The zero-order valence-corrected chi connectivity index (χ0v) is 14.4. The molecule has 0 aliphatic heterocycles. The van der Waals surface area contributed by atoms with Crippen LogP contribution >= 0.6 is 0 Å². The zero-order chi connectivity index (χ0) is 17.2. The number of nitrogens with two attached hydrogens (primary N) is 1. The smallest absolute Gasteiger partial charge is 0.236 e. The molecule has 3 nitrogen and oxygen atoms in total. The van der Waals surface area contributed by atoms with Gasteiger partial charge in [0.2, 0.25) is 5.91 Å². The van der Waals surface area contributed by atoms with E-state index in [1.165, 1.54) is 11.1 Å². The van der Waals surface area contributed by atoms with E-state index >= 15 is 0 Å². The third-order valence-electron chi connectivity index (χ3n) is 4.28. The minimum absolute atomic E-state index is 0.0473. The molecule has 0 saturated carbocycles. The van der Waals surface area contributed by atoms with Gasteiger partial charge < -0.3 is 11.1 Å². The maximum atomic E-state index is 12.0. The van der Waals surface area contributed by atoms with Crippen molar-refractivity contribution in [1.82, 2.24) is 5.32 Å². The third-order valence-corrected chi connectivity index (χ3v) is 4.28. The van der Waals surface area contributed by atoms with Crippen LogP contribution in [0.4, 0.5) is 0 Å². The first-order valence-electron chi connectivity index (χ1n) is 8.84. The molecule has 24 heavy (non-hydrogen) atoms. The Morgan fingerprint density at radius 3 is 2.75 bits per heavy atom. The van der Waals surface area contributed by atoms with E-state index in [0.717, 1.165) is 25.7 Å². The molecule has 3 N–H and O–H groups in total. The fraction of sp³-hybridized carbons (Fsp3) is 0.381. The average molecular weight is 324 g/mol. The molecule has 3 heteroatoms. The lowest BCUT2D eigenvalue weighted by atomic mass is 9.87. The number of hydrogen-bond acceptors (Lipinski definition) is 2. The van der Waals surface area contributed by atoms with Gasteiger partial charge in [0.25, 0.3) is 0 Å². The van der Waals surface area contributed by atoms with Crippen LogP contribution in [-0.4, -0.2) is 18.5 Å². The van der Waals surface area contributed by atoms with E-state index in [1.807, 2.05) is 13.0 Å². The first-order valence-corrected chi connectivity index (χ1v) is 8.84. The summed E-state index contributed by atoms with van der Waals surface area (Å²) >= 11 is 0. The van der Waals surface area contributed by atoms with Crippen LogP contribution < -0.4 is 11.1 Å². The highest BCUT2D eigenvalue weighted by molar-refractivity contribution is 5.81. The predicted molar refractivity (Wildman–Crippen MR) is 101 cm³/mol. The van der Waals surface area contributed by atoms with Gasteiger partial charge in [-0.3, -0.25) is 4.79 Å². The van der Waals surface area contributed by atoms with Crippen molar-refractivity contribution in [1.29, 1.82) is 0 Å². The maximum Gasteiger partial charge on any atom is 0.236 e. The summed E-state index contributed by atoms with van der Waals surface area (Å²) in [6, 6.07) is 10.1. The van der Waals surface area contributed by atoms with Crippen LogP contribution in [0.3, 0.4) is 0 Å². The van der Waals surface area contributed by atoms with Gasteiger partial charge in [0.1, 0.15) is 0 Å². The lowest BCUT2D eigenvalue weighted by Gasteiger charge is -2.20. The van der Waals surface area contributed by atoms with E-state index in [0.29, 0.717) is 6.54 Å². The second kappa shape index (κ2) is 9.89. The molecule has 0 saturated heterocycles. The molecule has 0 heterocycles. The van der Waals surface area contributed by atoms with Crippen molar-refractivity contribution in [2.24, 2.45) is 5.73 Å². The normalized spacial score (nSPS) is 16.2. The minimum atomic E-state index is -0.398. The topological polar surface area (TPSA) is 55.1 Å². The summed E-state index contributed by atoms with van der Waals surface area (Å²) in [5.74, 6) is 0.224. The van der Waals surface area contributed by atoms with Crippen LogP contribution in [0, 0.1) is 0 Å². The van der Waals surface area contributed by atoms with Crippen molar-refractivity contribution < 1.29 is 4.79 Å². The van der Waals surface area contributed by atoms with Gasteiger partial charge in [-0.05, 0) is 30.4 Å².